The smallest absolute Gasteiger partial charge is 0.273 e. The molecular weight excluding hydrogens is 290 g/mol. The molecule has 0 spiro atoms. The molecule has 0 aliphatic carbocycles. The number of non-ortho nitro benzene ring substituents is 1. The lowest BCUT2D eigenvalue weighted by molar-refractivity contribution is -0.384. The van der Waals surface area contributed by atoms with Crippen LogP contribution in [0.1, 0.15) is 0 Å². The van der Waals surface area contributed by atoms with Gasteiger partial charge in [0.15, 0.2) is 0 Å². The number of hydrogen-bond donors (Lipinski definition) is 1. The monoisotopic (exact) mass is 299 g/mol. The van der Waals surface area contributed by atoms with Gasteiger partial charge in [0.1, 0.15) is 23.3 Å². The van der Waals surface area contributed by atoms with Crippen molar-refractivity contribution < 1.29 is 19.2 Å². The maximum Gasteiger partial charge on any atom is 0.273 e. The molecule has 0 unspecified atom stereocenters. The number of benzene rings is 2. The third kappa shape index (κ3) is 2.47. The lowest BCUT2D eigenvalue weighted by atomic mass is 10.2. The minimum absolute atomic E-state index is 0.0250. The summed E-state index contributed by atoms with van der Waals surface area (Å²) in [5.41, 5.74) is -0.364. The predicted octanol–water partition coefficient (Wildman–Crippen LogP) is 3.20. The normalized spacial score (nSPS) is 10.5. The maximum absolute atomic E-state index is 12.3. The first-order valence-electron chi connectivity index (χ1n) is 6.21. The first-order chi connectivity index (χ1) is 10.5. The molecule has 0 aliphatic heterocycles. The highest BCUT2D eigenvalue weighted by atomic mass is 16.6. The Morgan fingerprint density at radius 2 is 2.00 bits per heavy atom. The summed E-state index contributed by atoms with van der Waals surface area (Å²) in [5.74, 6) is 0.0290. The van der Waals surface area contributed by atoms with Gasteiger partial charge in [0.25, 0.3) is 5.69 Å². The van der Waals surface area contributed by atoms with E-state index in [2.05, 4.69) is 0 Å². The highest BCUT2D eigenvalue weighted by Crippen LogP contribution is 2.25. The van der Waals surface area contributed by atoms with Crippen molar-refractivity contribution in [3.05, 3.63) is 69.1 Å². The van der Waals surface area contributed by atoms with E-state index >= 15 is 0 Å². The largest absolute Gasteiger partial charge is 0.508 e. The van der Waals surface area contributed by atoms with Crippen LogP contribution in [0.4, 0.5) is 5.69 Å². The molecule has 0 fully saturated rings. The number of nitro groups is 1. The zero-order valence-corrected chi connectivity index (χ0v) is 11.1. The third-order valence-electron chi connectivity index (χ3n) is 2.98. The molecule has 3 aromatic rings. The summed E-state index contributed by atoms with van der Waals surface area (Å²) in [6.07, 6.45) is 1.10. The van der Waals surface area contributed by atoms with E-state index in [1.54, 1.807) is 0 Å². The fraction of sp³-hybridized carbons (Fsp3) is 0. The summed E-state index contributed by atoms with van der Waals surface area (Å²) in [7, 11) is 0. The molecule has 0 bridgehead atoms. The minimum atomic E-state index is -0.557. The Hall–Kier alpha value is -3.35. The fourth-order valence-corrected chi connectivity index (χ4v) is 1.96. The van der Waals surface area contributed by atoms with Gasteiger partial charge in [-0.25, -0.2) is 0 Å². The van der Waals surface area contributed by atoms with Gasteiger partial charge in [-0.1, -0.05) is 6.07 Å². The lowest BCUT2D eigenvalue weighted by Gasteiger charge is -2.05. The molecule has 0 aliphatic rings. The Morgan fingerprint density at radius 1 is 1.18 bits per heavy atom. The third-order valence-corrected chi connectivity index (χ3v) is 2.98. The number of fused-ring (bicyclic) bond motifs is 1. The average molecular weight is 299 g/mol. The van der Waals surface area contributed by atoms with Gasteiger partial charge in [0.05, 0.1) is 16.4 Å². The van der Waals surface area contributed by atoms with E-state index in [4.69, 9.17) is 9.15 Å². The standard InChI is InChI=1S/C15H9NO6/c17-10-4-5-12-13(7-10)21-8-14(15(12)18)22-11-3-1-2-9(6-11)16(19)20/h1-8,17H. The van der Waals surface area contributed by atoms with Gasteiger partial charge in [0, 0.05) is 12.1 Å². The number of nitrogens with zero attached hydrogens (tertiary/aromatic N) is 1. The van der Waals surface area contributed by atoms with Gasteiger partial charge in [-0.05, 0) is 18.2 Å². The van der Waals surface area contributed by atoms with E-state index in [1.807, 2.05) is 0 Å². The van der Waals surface area contributed by atoms with E-state index < -0.39 is 10.4 Å². The molecule has 1 N–H and O–H groups in total. The summed E-state index contributed by atoms with van der Waals surface area (Å²) < 4.78 is 10.6. The van der Waals surface area contributed by atoms with Gasteiger partial charge < -0.3 is 14.3 Å². The van der Waals surface area contributed by atoms with E-state index in [0.717, 1.165) is 6.26 Å². The molecule has 1 aromatic heterocycles. The topological polar surface area (TPSA) is 103 Å². The van der Waals surface area contributed by atoms with Crippen molar-refractivity contribution >= 4 is 16.7 Å². The first-order valence-corrected chi connectivity index (χ1v) is 6.21. The second-order valence-electron chi connectivity index (χ2n) is 4.47. The number of ether oxygens (including phenoxy) is 1. The molecule has 0 saturated heterocycles. The minimum Gasteiger partial charge on any atom is -0.508 e. The highest BCUT2D eigenvalue weighted by Gasteiger charge is 2.12. The van der Waals surface area contributed by atoms with Crippen molar-refractivity contribution in [2.24, 2.45) is 0 Å². The summed E-state index contributed by atoms with van der Waals surface area (Å²) in [5, 5.41) is 20.3. The molecule has 7 heteroatoms. The molecule has 110 valence electrons. The molecule has 22 heavy (non-hydrogen) atoms. The van der Waals surface area contributed by atoms with Crippen molar-refractivity contribution in [2.75, 3.05) is 0 Å². The molecule has 1 heterocycles. The van der Waals surface area contributed by atoms with Crippen LogP contribution >= 0.6 is 0 Å². The van der Waals surface area contributed by atoms with Crippen LogP contribution in [0.25, 0.3) is 11.0 Å². The summed E-state index contributed by atoms with van der Waals surface area (Å²) >= 11 is 0. The number of nitro benzene ring substituents is 1. The fourth-order valence-electron chi connectivity index (χ4n) is 1.96. The van der Waals surface area contributed by atoms with Crippen molar-refractivity contribution in [1.82, 2.24) is 0 Å². The summed E-state index contributed by atoms with van der Waals surface area (Å²) in [6, 6.07) is 9.56. The van der Waals surface area contributed by atoms with Gasteiger partial charge in [-0.2, -0.15) is 0 Å². The zero-order valence-electron chi connectivity index (χ0n) is 11.1. The van der Waals surface area contributed by atoms with Crippen molar-refractivity contribution in [3.8, 4) is 17.2 Å². The molecule has 0 saturated carbocycles. The zero-order chi connectivity index (χ0) is 15.7. The average Bonchev–Trinajstić information content (AvgIpc) is 2.50. The molecule has 0 amide bonds. The van der Waals surface area contributed by atoms with Crippen LogP contribution in [-0.2, 0) is 0 Å². The summed E-state index contributed by atoms with van der Waals surface area (Å²) in [6.45, 7) is 0. The Morgan fingerprint density at radius 3 is 2.77 bits per heavy atom. The number of hydrogen-bond acceptors (Lipinski definition) is 6. The Kier molecular flexibility index (Phi) is 3.23. The number of phenolic OH excluding ortho intramolecular Hbond substituents is 1. The second kappa shape index (κ2) is 5.21. The molecule has 2 aromatic carbocycles. The van der Waals surface area contributed by atoms with Gasteiger partial charge in [-0.15, -0.1) is 0 Å². The Labute approximate surface area is 123 Å². The van der Waals surface area contributed by atoms with E-state index in [1.165, 1.54) is 42.5 Å². The second-order valence-corrected chi connectivity index (χ2v) is 4.47. The quantitative estimate of drug-likeness (QED) is 0.588. The number of aromatic hydroxyl groups is 1. The number of rotatable bonds is 3. The van der Waals surface area contributed by atoms with Crippen molar-refractivity contribution in [1.29, 1.82) is 0 Å². The van der Waals surface area contributed by atoms with E-state index in [-0.39, 0.29) is 33.9 Å². The molecule has 7 nitrogen and oxygen atoms in total. The van der Waals surface area contributed by atoms with Crippen LogP contribution in [0.2, 0.25) is 0 Å². The van der Waals surface area contributed by atoms with Gasteiger partial charge in [0.2, 0.25) is 11.2 Å². The van der Waals surface area contributed by atoms with Crippen LogP contribution in [0.15, 0.2) is 57.9 Å². The molecule has 0 radical (unpaired) electrons. The van der Waals surface area contributed by atoms with Crippen molar-refractivity contribution in [3.63, 3.8) is 0 Å². The predicted molar refractivity (Wildman–Crippen MR) is 77.3 cm³/mol. The molecule has 3 rings (SSSR count). The Bertz CT molecular complexity index is 931. The van der Waals surface area contributed by atoms with Crippen LogP contribution in [0.3, 0.4) is 0 Å². The van der Waals surface area contributed by atoms with Crippen LogP contribution < -0.4 is 10.2 Å². The molecular formula is C15H9NO6. The van der Waals surface area contributed by atoms with Crippen LogP contribution in [-0.4, -0.2) is 10.0 Å². The highest BCUT2D eigenvalue weighted by molar-refractivity contribution is 5.78. The van der Waals surface area contributed by atoms with E-state index in [0.29, 0.717) is 0 Å². The van der Waals surface area contributed by atoms with Crippen LogP contribution in [0, 0.1) is 10.1 Å². The maximum atomic E-state index is 12.3. The number of phenols is 1. The first kappa shape index (κ1) is 13.6. The molecule has 0 atom stereocenters. The van der Waals surface area contributed by atoms with Gasteiger partial charge >= 0.3 is 0 Å². The van der Waals surface area contributed by atoms with Gasteiger partial charge in [-0.3, -0.25) is 14.9 Å². The SMILES string of the molecule is O=c1c(Oc2cccc([N+](=O)[O-])c2)coc2cc(O)ccc12. The van der Waals surface area contributed by atoms with Crippen molar-refractivity contribution in [2.45, 2.75) is 0 Å². The van der Waals surface area contributed by atoms with E-state index in [9.17, 15) is 20.0 Å². The van der Waals surface area contributed by atoms with Crippen LogP contribution in [0.5, 0.6) is 17.2 Å². The summed E-state index contributed by atoms with van der Waals surface area (Å²) in [4.78, 5) is 22.4. The Balaban J connectivity index is 2.03. The lowest BCUT2D eigenvalue weighted by Crippen LogP contribution is -2.04.